The number of benzene rings is 2. The van der Waals surface area contributed by atoms with Crippen LogP contribution in [0, 0.1) is 5.82 Å². The van der Waals surface area contributed by atoms with Crippen LogP contribution < -0.4 is 10.5 Å². The molecule has 0 aliphatic rings. The van der Waals surface area contributed by atoms with Gasteiger partial charge in [-0.2, -0.15) is 0 Å². The molecule has 0 saturated heterocycles. The van der Waals surface area contributed by atoms with Gasteiger partial charge in [-0.1, -0.05) is 28.1 Å². The lowest BCUT2D eigenvalue weighted by Gasteiger charge is -2.10. The number of hydrogen-bond acceptors (Lipinski definition) is 2. The maximum atomic E-state index is 13.0. The molecule has 0 aromatic heterocycles. The second-order valence-electron chi connectivity index (χ2n) is 3.87. The normalized spacial score (nSPS) is 10.4. The highest BCUT2D eigenvalue weighted by atomic mass is 79.9. The van der Waals surface area contributed by atoms with E-state index in [4.69, 9.17) is 10.5 Å². The van der Waals surface area contributed by atoms with Crippen molar-refractivity contribution in [2.45, 2.75) is 13.2 Å². The van der Waals surface area contributed by atoms with Crippen LogP contribution in [0.5, 0.6) is 5.75 Å². The Morgan fingerprint density at radius 3 is 2.72 bits per heavy atom. The average molecular weight is 310 g/mol. The molecule has 0 atom stereocenters. The van der Waals surface area contributed by atoms with Gasteiger partial charge in [0, 0.05) is 16.6 Å². The van der Waals surface area contributed by atoms with Gasteiger partial charge in [0.05, 0.1) is 0 Å². The molecule has 2 N–H and O–H groups in total. The highest BCUT2D eigenvalue weighted by Gasteiger charge is 2.04. The number of rotatable bonds is 4. The third kappa shape index (κ3) is 3.31. The minimum absolute atomic E-state index is 0.256. The average Bonchev–Trinajstić information content (AvgIpc) is 2.37. The number of hydrogen-bond donors (Lipinski definition) is 1. The second kappa shape index (κ2) is 5.98. The van der Waals surface area contributed by atoms with E-state index in [0.29, 0.717) is 17.9 Å². The monoisotopic (exact) mass is 309 g/mol. The molecule has 0 bridgehead atoms. The van der Waals surface area contributed by atoms with Gasteiger partial charge in [-0.05, 0) is 35.9 Å². The van der Waals surface area contributed by atoms with Gasteiger partial charge in [0.15, 0.2) is 0 Å². The largest absolute Gasteiger partial charge is 0.489 e. The van der Waals surface area contributed by atoms with Gasteiger partial charge in [-0.15, -0.1) is 0 Å². The summed E-state index contributed by atoms with van der Waals surface area (Å²) >= 11 is 3.40. The van der Waals surface area contributed by atoms with Crippen molar-refractivity contribution in [1.29, 1.82) is 0 Å². The van der Waals surface area contributed by atoms with Crippen molar-refractivity contribution >= 4 is 15.9 Å². The Bertz CT molecular complexity index is 545. The summed E-state index contributed by atoms with van der Waals surface area (Å²) in [5.74, 6) is 0.323. The molecule has 0 unspecified atom stereocenters. The van der Waals surface area contributed by atoms with Crippen LogP contribution in [0.2, 0.25) is 0 Å². The van der Waals surface area contributed by atoms with E-state index in [-0.39, 0.29) is 12.4 Å². The summed E-state index contributed by atoms with van der Waals surface area (Å²) in [7, 11) is 0. The predicted octanol–water partition coefficient (Wildman–Crippen LogP) is 3.63. The molecule has 0 aliphatic heterocycles. The summed E-state index contributed by atoms with van der Waals surface area (Å²) < 4.78 is 19.7. The Morgan fingerprint density at radius 1 is 1.17 bits per heavy atom. The van der Waals surface area contributed by atoms with Gasteiger partial charge in [-0.25, -0.2) is 4.39 Å². The summed E-state index contributed by atoms with van der Waals surface area (Å²) in [5.41, 5.74) is 7.27. The van der Waals surface area contributed by atoms with E-state index in [1.807, 2.05) is 24.3 Å². The topological polar surface area (TPSA) is 35.2 Å². The van der Waals surface area contributed by atoms with E-state index in [1.54, 1.807) is 6.07 Å². The molecule has 0 fully saturated rings. The summed E-state index contributed by atoms with van der Waals surface area (Å²) in [6, 6.07) is 12.2. The predicted molar refractivity (Wildman–Crippen MR) is 72.8 cm³/mol. The quantitative estimate of drug-likeness (QED) is 0.936. The van der Waals surface area contributed by atoms with Crippen molar-refractivity contribution in [3.8, 4) is 5.75 Å². The van der Waals surface area contributed by atoms with E-state index >= 15 is 0 Å². The van der Waals surface area contributed by atoms with Crippen molar-refractivity contribution in [2.75, 3.05) is 0 Å². The standard InChI is InChI=1S/C14H13BrFNO/c15-12-3-1-2-10(6-12)9-18-14-5-4-13(16)7-11(14)8-17/h1-7H,8-9,17H2. The summed E-state index contributed by atoms with van der Waals surface area (Å²) in [4.78, 5) is 0. The molecule has 0 aliphatic carbocycles. The van der Waals surface area contributed by atoms with Crippen molar-refractivity contribution in [1.82, 2.24) is 0 Å². The molecule has 18 heavy (non-hydrogen) atoms. The summed E-state index contributed by atoms with van der Waals surface area (Å²) in [5, 5.41) is 0. The molecule has 2 nitrogen and oxygen atoms in total. The first kappa shape index (κ1) is 13.1. The van der Waals surface area contributed by atoms with Crippen molar-refractivity contribution < 1.29 is 9.13 Å². The molecule has 2 aromatic carbocycles. The van der Waals surface area contributed by atoms with Crippen LogP contribution in [0.3, 0.4) is 0 Å². The highest BCUT2D eigenvalue weighted by molar-refractivity contribution is 9.10. The zero-order valence-electron chi connectivity index (χ0n) is 9.70. The SMILES string of the molecule is NCc1cc(F)ccc1OCc1cccc(Br)c1. The highest BCUT2D eigenvalue weighted by Crippen LogP contribution is 2.21. The lowest BCUT2D eigenvalue weighted by molar-refractivity contribution is 0.302. The molecule has 0 spiro atoms. The minimum atomic E-state index is -0.301. The first-order valence-corrected chi connectivity index (χ1v) is 6.34. The Morgan fingerprint density at radius 2 is 2.00 bits per heavy atom. The number of halogens is 2. The van der Waals surface area contributed by atoms with E-state index in [0.717, 1.165) is 10.0 Å². The van der Waals surface area contributed by atoms with Crippen LogP contribution in [0.1, 0.15) is 11.1 Å². The van der Waals surface area contributed by atoms with Gasteiger partial charge in [0.2, 0.25) is 0 Å². The first-order chi connectivity index (χ1) is 8.69. The maximum Gasteiger partial charge on any atom is 0.124 e. The molecule has 0 radical (unpaired) electrons. The van der Waals surface area contributed by atoms with Crippen molar-refractivity contribution in [2.24, 2.45) is 5.73 Å². The van der Waals surface area contributed by atoms with Crippen LogP contribution in [-0.2, 0) is 13.2 Å². The minimum Gasteiger partial charge on any atom is -0.489 e. The molecule has 0 heterocycles. The Labute approximate surface area is 114 Å². The summed E-state index contributed by atoms with van der Waals surface area (Å²) in [6.45, 7) is 0.684. The molecule has 0 amide bonds. The fourth-order valence-corrected chi connectivity index (χ4v) is 2.08. The van der Waals surface area contributed by atoms with Crippen LogP contribution >= 0.6 is 15.9 Å². The molecule has 4 heteroatoms. The third-order valence-electron chi connectivity index (χ3n) is 2.53. The molecule has 94 valence electrons. The molecular weight excluding hydrogens is 297 g/mol. The van der Waals surface area contributed by atoms with Crippen LogP contribution in [0.25, 0.3) is 0 Å². The van der Waals surface area contributed by atoms with Crippen LogP contribution in [0.4, 0.5) is 4.39 Å². The molecular formula is C14H13BrFNO. The van der Waals surface area contributed by atoms with Crippen molar-refractivity contribution in [3.63, 3.8) is 0 Å². The zero-order chi connectivity index (χ0) is 13.0. The molecule has 2 rings (SSSR count). The number of ether oxygens (including phenoxy) is 1. The Kier molecular flexibility index (Phi) is 4.33. The van der Waals surface area contributed by atoms with E-state index < -0.39 is 0 Å². The smallest absolute Gasteiger partial charge is 0.124 e. The van der Waals surface area contributed by atoms with Crippen LogP contribution in [0.15, 0.2) is 46.9 Å². The Balaban J connectivity index is 2.10. The van der Waals surface area contributed by atoms with Crippen molar-refractivity contribution in [3.05, 3.63) is 63.9 Å². The third-order valence-corrected chi connectivity index (χ3v) is 3.02. The molecule has 0 saturated carbocycles. The van der Waals surface area contributed by atoms with Gasteiger partial charge in [-0.3, -0.25) is 0 Å². The lowest BCUT2D eigenvalue weighted by Crippen LogP contribution is -2.03. The maximum absolute atomic E-state index is 13.0. The van der Waals surface area contributed by atoms with E-state index in [1.165, 1.54) is 12.1 Å². The van der Waals surface area contributed by atoms with E-state index in [2.05, 4.69) is 15.9 Å². The summed E-state index contributed by atoms with van der Waals surface area (Å²) in [6.07, 6.45) is 0. The fourth-order valence-electron chi connectivity index (χ4n) is 1.64. The first-order valence-electron chi connectivity index (χ1n) is 5.55. The lowest BCUT2D eigenvalue weighted by atomic mass is 10.2. The number of nitrogens with two attached hydrogens (primary N) is 1. The second-order valence-corrected chi connectivity index (χ2v) is 4.79. The van der Waals surface area contributed by atoms with Gasteiger partial charge in [0.25, 0.3) is 0 Å². The molecule has 2 aromatic rings. The zero-order valence-corrected chi connectivity index (χ0v) is 11.3. The fraction of sp³-hybridized carbons (Fsp3) is 0.143. The Hall–Kier alpha value is -1.39. The van der Waals surface area contributed by atoms with E-state index in [9.17, 15) is 4.39 Å². The van der Waals surface area contributed by atoms with Gasteiger partial charge >= 0.3 is 0 Å². The van der Waals surface area contributed by atoms with Gasteiger partial charge in [0.1, 0.15) is 18.2 Å². The van der Waals surface area contributed by atoms with Gasteiger partial charge < -0.3 is 10.5 Å². The van der Waals surface area contributed by atoms with Crippen LogP contribution in [-0.4, -0.2) is 0 Å².